The number of nitrogens with two attached hydrogens (primary N) is 1. The van der Waals surface area contributed by atoms with Crippen LogP contribution < -0.4 is 5.73 Å². The zero-order chi connectivity index (χ0) is 13.9. The quantitative estimate of drug-likeness (QED) is 0.872. The Kier molecular flexibility index (Phi) is 4.61. The van der Waals surface area contributed by atoms with Gasteiger partial charge < -0.3 is 10.8 Å². The highest BCUT2D eigenvalue weighted by Crippen LogP contribution is 2.37. The highest BCUT2D eigenvalue weighted by molar-refractivity contribution is 5.15. The monoisotopic (exact) mass is 262 g/mol. The van der Waals surface area contributed by atoms with E-state index in [9.17, 15) is 5.11 Å². The minimum absolute atomic E-state index is 0.0774. The molecule has 106 valence electrons. The van der Waals surface area contributed by atoms with Crippen LogP contribution in [0.25, 0.3) is 0 Å². The number of likely N-dealkylation sites (tertiary alicyclic amines) is 1. The SMILES string of the molecule is C[C@@H]1CC(CN)(CO)C[C@H](C)N1Cc1ccccc1. The minimum atomic E-state index is -0.0774. The van der Waals surface area contributed by atoms with Crippen molar-refractivity contribution >= 4 is 0 Å². The maximum atomic E-state index is 9.65. The molecule has 1 aliphatic heterocycles. The van der Waals surface area contributed by atoms with Crippen LogP contribution >= 0.6 is 0 Å². The topological polar surface area (TPSA) is 49.5 Å². The molecule has 3 N–H and O–H groups in total. The molecule has 0 aliphatic carbocycles. The molecule has 1 heterocycles. The van der Waals surface area contributed by atoms with Crippen molar-refractivity contribution < 1.29 is 5.11 Å². The Labute approximate surface area is 116 Å². The summed E-state index contributed by atoms with van der Waals surface area (Å²) in [7, 11) is 0. The summed E-state index contributed by atoms with van der Waals surface area (Å²) in [6.45, 7) is 6.27. The van der Waals surface area contributed by atoms with E-state index in [4.69, 9.17) is 5.73 Å². The van der Waals surface area contributed by atoms with E-state index in [1.807, 2.05) is 0 Å². The Morgan fingerprint density at radius 3 is 2.26 bits per heavy atom. The molecular formula is C16H26N2O. The largest absolute Gasteiger partial charge is 0.396 e. The number of aliphatic hydroxyl groups is 1. The first-order valence-corrected chi connectivity index (χ1v) is 7.21. The van der Waals surface area contributed by atoms with Crippen molar-refractivity contribution in [3.05, 3.63) is 35.9 Å². The van der Waals surface area contributed by atoms with Crippen LogP contribution in [0.3, 0.4) is 0 Å². The molecule has 0 aromatic heterocycles. The number of nitrogens with zero attached hydrogens (tertiary/aromatic N) is 1. The van der Waals surface area contributed by atoms with E-state index in [-0.39, 0.29) is 12.0 Å². The van der Waals surface area contributed by atoms with Gasteiger partial charge in [0.05, 0.1) is 6.61 Å². The molecule has 19 heavy (non-hydrogen) atoms. The van der Waals surface area contributed by atoms with Gasteiger partial charge in [0.2, 0.25) is 0 Å². The summed E-state index contributed by atoms with van der Waals surface area (Å²) in [5.41, 5.74) is 7.17. The average Bonchev–Trinajstić information content (AvgIpc) is 2.44. The van der Waals surface area contributed by atoms with E-state index in [0.29, 0.717) is 18.6 Å². The molecule has 1 saturated heterocycles. The number of piperidine rings is 1. The Morgan fingerprint density at radius 1 is 1.21 bits per heavy atom. The second kappa shape index (κ2) is 6.04. The maximum absolute atomic E-state index is 9.65. The van der Waals surface area contributed by atoms with E-state index >= 15 is 0 Å². The lowest BCUT2D eigenvalue weighted by Crippen LogP contribution is -2.53. The van der Waals surface area contributed by atoms with E-state index in [1.54, 1.807) is 0 Å². The van der Waals surface area contributed by atoms with Crippen molar-refractivity contribution in [2.24, 2.45) is 11.1 Å². The molecule has 2 rings (SSSR count). The van der Waals surface area contributed by atoms with Gasteiger partial charge in [-0.15, -0.1) is 0 Å². The number of hydrogen-bond acceptors (Lipinski definition) is 3. The summed E-state index contributed by atoms with van der Waals surface area (Å²) in [4.78, 5) is 2.53. The summed E-state index contributed by atoms with van der Waals surface area (Å²) >= 11 is 0. The number of hydrogen-bond donors (Lipinski definition) is 2. The molecule has 1 aliphatic rings. The van der Waals surface area contributed by atoms with Gasteiger partial charge in [-0.05, 0) is 32.3 Å². The van der Waals surface area contributed by atoms with Crippen LogP contribution in [0.1, 0.15) is 32.3 Å². The molecule has 3 atom stereocenters. The molecule has 1 unspecified atom stereocenters. The number of benzene rings is 1. The van der Waals surface area contributed by atoms with Crippen LogP contribution in [0.4, 0.5) is 0 Å². The lowest BCUT2D eigenvalue weighted by molar-refractivity contribution is -0.0168. The Morgan fingerprint density at radius 2 is 1.79 bits per heavy atom. The molecule has 0 spiro atoms. The standard InChI is InChI=1S/C16H26N2O/c1-13-8-16(11-17,12-19)9-14(2)18(13)10-15-6-4-3-5-7-15/h3-7,13-14,19H,8-12,17H2,1-2H3/t13-,14+,16?. The molecule has 1 fully saturated rings. The van der Waals surface area contributed by atoms with Gasteiger partial charge in [-0.3, -0.25) is 4.90 Å². The normalized spacial score (nSPS) is 32.4. The summed E-state index contributed by atoms with van der Waals surface area (Å²) in [6.07, 6.45) is 1.97. The maximum Gasteiger partial charge on any atom is 0.0500 e. The van der Waals surface area contributed by atoms with Gasteiger partial charge in [-0.25, -0.2) is 0 Å². The summed E-state index contributed by atoms with van der Waals surface area (Å²) in [5, 5.41) is 9.65. The molecular weight excluding hydrogens is 236 g/mol. The van der Waals surface area contributed by atoms with Crippen molar-refractivity contribution in [3.63, 3.8) is 0 Å². The second-order valence-electron chi connectivity index (χ2n) is 6.13. The minimum Gasteiger partial charge on any atom is -0.396 e. The van der Waals surface area contributed by atoms with Gasteiger partial charge in [-0.2, -0.15) is 0 Å². The highest BCUT2D eigenvalue weighted by Gasteiger charge is 2.40. The molecule has 1 aromatic rings. The fraction of sp³-hybridized carbons (Fsp3) is 0.625. The molecule has 0 bridgehead atoms. The number of aliphatic hydroxyl groups excluding tert-OH is 1. The van der Waals surface area contributed by atoms with Crippen LogP contribution in [0.5, 0.6) is 0 Å². The first-order valence-electron chi connectivity index (χ1n) is 7.21. The van der Waals surface area contributed by atoms with Crippen LogP contribution in [0.15, 0.2) is 30.3 Å². The second-order valence-corrected chi connectivity index (χ2v) is 6.13. The third-order valence-electron chi connectivity index (χ3n) is 4.57. The predicted octanol–water partition coefficient (Wildman–Crippen LogP) is 2.00. The van der Waals surface area contributed by atoms with Crippen molar-refractivity contribution in [1.82, 2.24) is 4.90 Å². The van der Waals surface area contributed by atoms with Crippen LogP contribution in [-0.2, 0) is 6.54 Å². The third kappa shape index (κ3) is 3.16. The van der Waals surface area contributed by atoms with Gasteiger partial charge in [0.1, 0.15) is 0 Å². The van der Waals surface area contributed by atoms with E-state index in [2.05, 4.69) is 49.1 Å². The fourth-order valence-electron chi connectivity index (χ4n) is 3.47. The van der Waals surface area contributed by atoms with E-state index in [0.717, 1.165) is 19.4 Å². The van der Waals surface area contributed by atoms with Crippen LogP contribution in [0, 0.1) is 5.41 Å². The van der Waals surface area contributed by atoms with Crippen LogP contribution in [0.2, 0.25) is 0 Å². The molecule has 0 amide bonds. The first-order chi connectivity index (χ1) is 9.10. The van der Waals surface area contributed by atoms with Crippen molar-refractivity contribution in [1.29, 1.82) is 0 Å². The molecule has 3 nitrogen and oxygen atoms in total. The molecule has 3 heteroatoms. The summed E-state index contributed by atoms with van der Waals surface area (Å²) in [6, 6.07) is 11.5. The fourth-order valence-corrected chi connectivity index (χ4v) is 3.47. The third-order valence-corrected chi connectivity index (χ3v) is 4.57. The first kappa shape index (κ1) is 14.5. The van der Waals surface area contributed by atoms with Gasteiger partial charge in [-0.1, -0.05) is 30.3 Å². The zero-order valence-electron chi connectivity index (χ0n) is 12.0. The number of rotatable bonds is 4. The molecule has 1 aromatic carbocycles. The van der Waals surface area contributed by atoms with Gasteiger partial charge >= 0.3 is 0 Å². The Hall–Kier alpha value is -0.900. The van der Waals surface area contributed by atoms with Gasteiger partial charge in [0.25, 0.3) is 0 Å². The van der Waals surface area contributed by atoms with Crippen molar-refractivity contribution in [2.75, 3.05) is 13.2 Å². The Balaban J connectivity index is 2.08. The van der Waals surface area contributed by atoms with Gasteiger partial charge in [0.15, 0.2) is 0 Å². The Bertz CT molecular complexity index is 375. The summed E-state index contributed by atoms with van der Waals surface area (Å²) in [5.74, 6) is 0. The lowest BCUT2D eigenvalue weighted by Gasteiger charge is -2.48. The van der Waals surface area contributed by atoms with Crippen molar-refractivity contribution in [3.8, 4) is 0 Å². The summed E-state index contributed by atoms with van der Waals surface area (Å²) < 4.78 is 0. The van der Waals surface area contributed by atoms with Gasteiger partial charge in [0, 0.05) is 30.6 Å². The average molecular weight is 262 g/mol. The lowest BCUT2D eigenvalue weighted by atomic mass is 9.73. The molecule has 0 radical (unpaired) electrons. The van der Waals surface area contributed by atoms with Crippen LogP contribution in [-0.4, -0.2) is 35.2 Å². The van der Waals surface area contributed by atoms with E-state index in [1.165, 1.54) is 5.56 Å². The zero-order valence-corrected chi connectivity index (χ0v) is 12.0. The highest BCUT2D eigenvalue weighted by atomic mass is 16.3. The molecule has 0 saturated carbocycles. The smallest absolute Gasteiger partial charge is 0.0500 e. The van der Waals surface area contributed by atoms with E-state index < -0.39 is 0 Å². The van der Waals surface area contributed by atoms with Crippen molar-refractivity contribution in [2.45, 2.75) is 45.3 Å². The predicted molar refractivity (Wildman–Crippen MR) is 78.7 cm³/mol.